The summed E-state index contributed by atoms with van der Waals surface area (Å²) in [5.74, 6) is -0.536. The van der Waals surface area contributed by atoms with Gasteiger partial charge in [-0.2, -0.15) is 5.10 Å². The van der Waals surface area contributed by atoms with E-state index in [0.29, 0.717) is 20.6 Å². The first-order valence-corrected chi connectivity index (χ1v) is 7.30. The Kier molecular flexibility index (Phi) is 5.22. The molecule has 21 heavy (non-hydrogen) atoms. The Hall–Kier alpha value is -1.56. The minimum atomic E-state index is -0.383. The highest BCUT2D eigenvalue weighted by molar-refractivity contribution is 9.10. The van der Waals surface area contributed by atoms with Gasteiger partial charge in [-0.15, -0.1) is 0 Å². The van der Waals surface area contributed by atoms with Crippen LogP contribution in [0.1, 0.15) is 15.9 Å². The lowest BCUT2D eigenvalue weighted by Gasteiger charge is -2.04. The van der Waals surface area contributed by atoms with E-state index in [9.17, 15) is 9.90 Å². The third-order valence-electron chi connectivity index (χ3n) is 2.55. The number of rotatable bonds is 3. The van der Waals surface area contributed by atoms with Gasteiger partial charge in [0.05, 0.1) is 16.8 Å². The molecule has 2 rings (SSSR count). The number of benzene rings is 2. The molecule has 2 aromatic carbocycles. The summed E-state index contributed by atoms with van der Waals surface area (Å²) < 4.78 is 0.659. The molecular weight excluding hydrogens is 379 g/mol. The summed E-state index contributed by atoms with van der Waals surface area (Å²) >= 11 is 14.9. The Bertz CT molecular complexity index is 720. The van der Waals surface area contributed by atoms with Gasteiger partial charge < -0.3 is 5.11 Å². The summed E-state index contributed by atoms with van der Waals surface area (Å²) in [6.45, 7) is 0. The van der Waals surface area contributed by atoms with E-state index in [-0.39, 0.29) is 16.7 Å². The molecule has 0 aromatic heterocycles. The van der Waals surface area contributed by atoms with Crippen molar-refractivity contribution in [1.29, 1.82) is 0 Å². The molecule has 0 radical (unpaired) electrons. The molecule has 0 atom stereocenters. The highest BCUT2D eigenvalue weighted by Crippen LogP contribution is 2.29. The van der Waals surface area contributed by atoms with E-state index in [4.69, 9.17) is 23.2 Å². The first kappa shape index (κ1) is 15.8. The first-order chi connectivity index (χ1) is 9.99. The molecule has 108 valence electrons. The molecule has 0 fully saturated rings. The fourth-order valence-corrected chi connectivity index (χ4v) is 2.52. The van der Waals surface area contributed by atoms with E-state index in [2.05, 4.69) is 26.5 Å². The normalized spacial score (nSPS) is 10.8. The number of carbonyl (C=O) groups excluding carboxylic acids is 1. The second-order valence-electron chi connectivity index (χ2n) is 4.00. The summed E-state index contributed by atoms with van der Waals surface area (Å²) in [5.41, 5.74) is 3.11. The topological polar surface area (TPSA) is 61.7 Å². The minimum Gasteiger partial charge on any atom is -0.506 e. The van der Waals surface area contributed by atoms with Crippen LogP contribution in [0.15, 0.2) is 46.0 Å². The van der Waals surface area contributed by atoms with Crippen LogP contribution in [-0.2, 0) is 0 Å². The number of amides is 1. The summed E-state index contributed by atoms with van der Waals surface area (Å²) in [7, 11) is 0. The Morgan fingerprint density at radius 2 is 2.00 bits per heavy atom. The van der Waals surface area contributed by atoms with Crippen molar-refractivity contribution in [2.75, 3.05) is 0 Å². The Labute approximate surface area is 139 Å². The highest BCUT2D eigenvalue weighted by atomic mass is 79.9. The van der Waals surface area contributed by atoms with Gasteiger partial charge >= 0.3 is 0 Å². The molecule has 2 N–H and O–H groups in total. The van der Waals surface area contributed by atoms with Crippen LogP contribution in [0.25, 0.3) is 0 Å². The lowest BCUT2D eigenvalue weighted by Crippen LogP contribution is -2.18. The third kappa shape index (κ3) is 3.97. The third-order valence-corrected chi connectivity index (χ3v) is 3.74. The number of nitrogens with one attached hydrogen (secondary N) is 1. The average Bonchev–Trinajstić information content (AvgIpc) is 2.44. The van der Waals surface area contributed by atoms with Crippen LogP contribution in [0.4, 0.5) is 0 Å². The second-order valence-corrected chi connectivity index (χ2v) is 5.70. The van der Waals surface area contributed by atoms with E-state index >= 15 is 0 Å². The first-order valence-electron chi connectivity index (χ1n) is 5.75. The van der Waals surface area contributed by atoms with Gasteiger partial charge in [0.1, 0.15) is 5.75 Å². The maximum atomic E-state index is 11.9. The fraction of sp³-hybridized carbons (Fsp3) is 0. The number of hydrogen-bond donors (Lipinski definition) is 2. The van der Waals surface area contributed by atoms with Crippen LogP contribution < -0.4 is 5.43 Å². The summed E-state index contributed by atoms with van der Waals surface area (Å²) in [6, 6.07) is 9.85. The number of hydrazone groups is 1. The predicted molar refractivity (Wildman–Crippen MR) is 87.3 cm³/mol. The number of halogens is 3. The molecule has 0 aliphatic rings. The standard InChI is InChI=1S/C14H9BrCl2N2O2/c15-11-4-2-1-3-10(11)14(21)19-18-7-8-5-9(16)6-12(17)13(8)20/h1-7,20H,(H,19,21)/b18-7-. The smallest absolute Gasteiger partial charge is 0.272 e. The zero-order valence-electron chi connectivity index (χ0n) is 10.5. The van der Waals surface area contributed by atoms with E-state index in [0.717, 1.165) is 0 Å². The highest BCUT2D eigenvalue weighted by Gasteiger charge is 2.08. The van der Waals surface area contributed by atoms with E-state index in [1.807, 2.05) is 0 Å². The molecule has 2 aromatic rings. The van der Waals surface area contributed by atoms with Gasteiger partial charge in [-0.25, -0.2) is 5.43 Å². The van der Waals surface area contributed by atoms with Gasteiger partial charge in [-0.3, -0.25) is 4.79 Å². The summed E-state index contributed by atoms with van der Waals surface area (Å²) in [6.07, 6.45) is 1.27. The lowest BCUT2D eigenvalue weighted by molar-refractivity contribution is 0.0954. The van der Waals surface area contributed by atoms with Crippen LogP contribution in [0.5, 0.6) is 5.75 Å². The average molecular weight is 388 g/mol. The molecule has 0 unspecified atom stereocenters. The van der Waals surface area contributed by atoms with Crippen molar-refractivity contribution in [3.63, 3.8) is 0 Å². The Morgan fingerprint density at radius 1 is 1.29 bits per heavy atom. The maximum Gasteiger partial charge on any atom is 0.272 e. The predicted octanol–water partition coefficient (Wildman–Crippen LogP) is 4.23. The van der Waals surface area contributed by atoms with Gasteiger partial charge in [-0.1, -0.05) is 35.3 Å². The molecule has 0 saturated carbocycles. The van der Waals surface area contributed by atoms with Crippen LogP contribution in [0.2, 0.25) is 10.0 Å². The molecule has 0 saturated heterocycles. The summed E-state index contributed by atoms with van der Waals surface area (Å²) in [4.78, 5) is 11.9. The molecule has 0 bridgehead atoms. The molecule has 7 heteroatoms. The van der Waals surface area contributed by atoms with Crippen LogP contribution in [-0.4, -0.2) is 17.2 Å². The van der Waals surface area contributed by atoms with Crippen molar-refractivity contribution < 1.29 is 9.90 Å². The quantitative estimate of drug-likeness (QED) is 0.611. The molecule has 0 aliphatic carbocycles. The van der Waals surface area contributed by atoms with Crippen molar-refractivity contribution in [2.45, 2.75) is 0 Å². The van der Waals surface area contributed by atoms with Gasteiger partial charge in [0.25, 0.3) is 5.91 Å². The zero-order valence-corrected chi connectivity index (χ0v) is 13.6. The molecule has 4 nitrogen and oxygen atoms in total. The van der Waals surface area contributed by atoms with Gasteiger partial charge in [0.2, 0.25) is 0 Å². The number of carbonyl (C=O) groups is 1. The number of aromatic hydroxyl groups is 1. The van der Waals surface area contributed by atoms with Gasteiger partial charge in [-0.05, 0) is 40.2 Å². The van der Waals surface area contributed by atoms with E-state index in [1.54, 1.807) is 24.3 Å². The van der Waals surface area contributed by atoms with Crippen molar-refractivity contribution >= 4 is 51.3 Å². The minimum absolute atomic E-state index is 0.112. The fourth-order valence-electron chi connectivity index (χ4n) is 1.55. The molecule has 0 spiro atoms. The largest absolute Gasteiger partial charge is 0.506 e. The lowest BCUT2D eigenvalue weighted by atomic mass is 10.2. The molecule has 0 heterocycles. The number of hydrogen-bond acceptors (Lipinski definition) is 3. The number of phenolic OH excluding ortho intramolecular Hbond substituents is 1. The van der Waals surface area contributed by atoms with Gasteiger partial charge in [0.15, 0.2) is 0 Å². The van der Waals surface area contributed by atoms with E-state index < -0.39 is 0 Å². The number of phenols is 1. The van der Waals surface area contributed by atoms with Gasteiger partial charge in [0, 0.05) is 15.1 Å². The monoisotopic (exact) mass is 386 g/mol. The zero-order chi connectivity index (χ0) is 15.4. The van der Waals surface area contributed by atoms with Crippen molar-refractivity contribution in [1.82, 2.24) is 5.43 Å². The van der Waals surface area contributed by atoms with Crippen molar-refractivity contribution in [3.05, 3.63) is 62.0 Å². The molecule has 1 amide bonds. The second kappa shape index (κ2) is 6.93. The van der Waals surface area contributed by atoms with Crippen LogP contribution in [0.3, 0.4) is 0 Å². The maximum absolute atomic E-state index is 11.9. The SMILES string of the molecule is O=C(N/N=C\c1cc(Cl)cc(Cl)c1O)c1ccccc1Br. The molecular formula is C14H9BrCl2N2O2. The number of nitrogens with zero attached hydrogens (tertiary/aromatic N) is 1. The van der Waals surface area contributed by atoms with Crippen molar-refractivity contribution in [2.24, 2.45) is 5.10 Å². The van der Waals surface area contributed by atoms with E-state index in [1.165, 1.54) is 18.3 Å². The van der Waals surface area contributed by atoms with Crippen molar-refractivity contribution in [3.8, 4) is 5.75 Å². The summed E-state index contributed by atoms with van der Waals surface area (Å²) in [5, 5.41) is 14.0. The molecule has 0 aliphatic heterocycles. The Balaban J connectivity index is 2.13. The Morgan fingerprint density at radius 3 is 2.71 bits per heavy atom. The van der Waals surface area contributed by atoms with Crippen LogP contribution >= 0.6 is 39.1 Å². The van der Waals surface area contributed by atoms with Crippen LogP contribution in [0, 0.1) is 0 Å².